The van der Waals surface area contributed by atoms with Crippen molar-refractivity contribution in [3.63, 3.8) is 0 Å². The summed E-state index contributed by atoms with van der Waals surface area (Å²) in [5.74, 6) is 0. The monoisotopic (exact) mass is 166 g/mol. The summed E-state index contributed by atoms with van der Waals surface area (Å²) in [6.45, 7) is 6.88. The molecule has 1 rings (SSSR count). The minimum atomic E-state index is -1.20. The normalized spacial score (nSPS) is 17.2. The lowest BCUT2D eigenvalue weighted by molar-refractivity contribution is 0.942. The van der Waals surface area contributed by atoms with Gasteiger partial charge in [0.1, 0.15) is 8.07 Å². The number of hydrogen-bond acceptors (Lipinski definition) is 2. The summed E-state index contributed by atoms with van der Waals surface area (Å²) < 4.78 is 0. The lowest BCUT2D eigenvalue weighted by Crippen LogP contribution is -2.31. The first-order valence-corrected chi connectivity index (χ1v) is 7.27. The third kappa shape index (κ3) is 2.35. The molecular weight excluding hydrogens is 152 g/mol. The number of rotatable bonds is 1. The third-order valence-corrected chi connectivity index (χ3v) is 3.42. The van der Waals surface area contributed by atoms with Crippen molar-refractivity contribution in [2.45, 2.75) is 19.6 Å². The van der Waals surface area contributed by atoms with Crippen molar-refractivity contribution in [3.8, 4) is 0 Å². The van der Waals surface area contributed by atoms with Crippen LogP contribution in [-0.4, -0.2) is 14.3 Å². The summed E-state index contributed by atoms with van der Waals surface area (Å²) in [5, 5.41) is 5.30. The predicted molar refractivity (Wildman–Crippen MR) is 52.2 cm³/mol. The molecule has 0 radical (unpaired) electrons. The molecule has 2 nitrogen and oxygen atoms in total. The van der Waals surface area contributed by atoms with Crippen molar-refractivity contribution in [2.24, 2.45) is 5.10 Å². The predicted octanol–water partition coefficient (Wildman–Crippen LogP) is 1.89. The first-order chi connectivity index (χ1) is 5.11. The Balaban J connectivity index is 2.81. The molecule has 0 amide bonds. The molecule has 0 saturated carbocycles. The first kappa shape index (κ1) is 8.27. The van der Waals surface area contributed by atoms with Crippen LogP contribution in [0.5, 0.6) is 0 Å². The maximum Gasteiger partial charge on any atom is 0.100 e. The van der Waals surface area contributed by atoms with E-state index in [1.807, 2.05) is 12.2 Å². The number of allylic oxidation sites excluding steroid dienone is 3. The van der Waals surface area contributed by atoms with Crippen LogP contribution in [-0.2, 0) is 0 Å². The van der Waals surface area contributed by atoms with Crippen LogP contribution in [0.3, 0.4) is 0 Å². The second-order valence-corrected chi connectivity index (χ2v) is 8.64. The Hall–Kier alpha value is -0.833. The van der Waals surface area contributed by atoms with Gasteiger partial charge in [0.15, 0.2) is 0 Å². The van der Waals surface area contributed by atoms with Gasteiger partial charge in [-0.2, -0.15) is 5.10 Å². The minimum Gasteiger partial charge on any atom is -0.287 e. The summed E-state index contributed by atoms with van der Waals surface area (Å²) in [6, 6.07) is 0. The number of nitrogens with one attached hydrogen (secondary N) is 1. The Labute approximate surface area is 68.7 Å². The topological polar surface area (TPSA) is 24.4 Å². The Kier molecular flexibility index (Phi) is 2.29. The molecule has 0 unspecified atom stereocenters. The van der Waals surface area contributed by atoms with E-state index in [9.17, 15) is 0 Å². The Morgan fingerprint density at radius 2 is 2.00 bits per heavy atom. The van der Waals surface area contributed by atoms with Gasteiger partial charge in [-0.25, -0.2) is 0 Å². The maximum atomic E-state index is 4.02. The van der Waals surface area contributed by atoms with E-state index in [1.165, 1.54) is 5.32 Å². The first-order valence-electron chi connectivity index (χ1n) is 3.77. The zero-order chi connectivity index (χ0) is 8.32. The zero-order valence-electron chi connectivity index (χ0n) is 7.26. The lowest BCUT2D eigenvalue weighted by atomic mass is 10.5. The summed E-state index contributed by atoms with van der Waals surface area (Å²) in [7, 11) is -1.20. The molecule has 60 valence electrons. The number of hydrogen-bond donors (Lipinski definition) is 1. The highest BCUT2D eigenvalue weighted by Gasteiger charge is 2.18. The van der Waals surface area contributed by atoms with Crippen molar-refractivity contribution in [2.75, 3.05) is 0 Å². The van der Waals surface area contributed by atoms with E-state index in [1.54, 1.807) is 6.21 Å². The SMILES string of the molecule is C[Si](C)(C)C1=CC=CC=NN1. The van der Waals surface area contributed by atoms with Gasteiger partial charge in [0, 0.05) is 11.5 Å². The Morgan fingerprint density at radius 1 is 1.27 bits per heavy atom. The molecule has 0 aliphatic carbocycles. The Bertz CT molecular complexity index is 221. The minimum absolute atomic E-state index is 1.20. The van der Waals surface area contributed by atoms with E-state index < -0.39 is 8.07 Å². The van der Waals surface area contributed by atoms with Crippen molar-refractivity contribution >= 4 is 14.3 Å². The van der Waals surface area contributed by atoms with Crippen molar-refractivity contribution in [1.82, 2.24) is 5.43 Å². The maximum absolute atomic E-state index is 4.02. The lowest BCUT2D eigenvalue weighted by Gasteiger charge is -2.18. The second kappa shape index (κ2) is 3.05. The van der Waals surface area contributed by atoms with Crippen molar-refractivity contribution in [3.05, 3.63) is 23.5 Å². The third-order valence-electron chi connectivity index (χ3n) is 1.53. The number of hydrazone groups is 1. The fourth-order valence-corrected chi connectivity index (χ4v) is 1.80. The second-order valence-electron chi connectivity index (χ2n) is 3.61. The van der Waals surface area contributed by atoms with Crippen LogP contribution < -0.4 is 5.43 Å². The van der Waals surface area contributed by atoms with Crippen LogP contribution in [0.1, 0.15) is 0 Å². The standard InChI is InChI=1S/C8H14N2Si/c1-11(2,3)8-6-4-5-7-9-10-8/h4-7,10H,1-3H3. The van der Waals surface area contributed by atoms with Gasteiger partial charge >= 0.3 is 0 Å². The van der Waals surface area contributed by atoms with Gasteiger partial charge in [-0.1, -0.05) is 25.7 Å². The van der Waals surface area contributed by atoms with E-state index in [2.05, 4.69) is 36.2 Å². The van der Waals surface area contributed by atoms with Crippen LogP contribution in [0.15, 0.2) is 28.6 Å². The van der Waals surface area contributed by atoms with Gasteiger partial charge in [-0.05, 0) is 12.2 Å². The molecule has 0 aromatic rings. The fraction of sp³-hybridized carbons (Fsp3) is 0.375. The van der Waals surface area contributed by atoms with E-state index >= 15 is 0 Å². The van der Waals surface area contributed by atoms with E-state index in [4.69, 9.17) is 0 Å². The average Bonchev–Trinajstić information content (AvgIpc) is 2.10. The number of nitrogens with zero attached hydrogens (tertiary/aromatic N) is 1. The molecule has 0 fully saturated rings. The molecule has 3 heteroatoms. The molecule has 0 aromatic heterocycles. The van der Waals surface area contributed by atoms with Gasteiger partial charge < -0.3 is 0 Å². The fourth-order valence-electron chi connectivity index (χ4n) is 0.806. The molecule has 1 N–H and O–H groups in total. The van der Waals surface area contributed by atoms with E-state index in [0.717, 1.165) is 0 Å². The van der Waals surface area contributed by atoms with Gasteiger partial charge in [-0.15, -0.1) is 0 Å². The smallest absolute Gasteiger partial charge is 0.100 e. The molecular formula is C8H14N2Si. The van der Waals surface area contributed by atoms with E-state index in [0.29, 0.717) is 0 Å². The van der Waals surface area contributed by atoms with Crippen LogP contribution in [0.2, 0.25) is 19.6 Å². The molecule has 0 aromatic carbocycles. The molecule has 0 atom stereocenters. The zero-order valence-corrected chi connectivity index (χ0v) is 8.26. The molecule has 0 spiro atoms. The average molecular weight is 166 g/mol. The quantitative estimate of drug-likeness (QED) is 0.591. The molecule has 0 bridgehead atoms. The molecule has 0 saturated heterocycles. The van der Waals surface area contributed by atoms with Crippen molar-refractivity contribution < 1.29 is 0 Å². The van der Waals surface area contributed by atoms with Gasteiger partial charge in [-0.3, -0.25) is 5.43 Å². The molecule has 11 heavy (non-hydrogen) atoms. The van der Waals surface area contributed by atoms with Crippen LogP contribution in [0, 0.1) is 0 Å². The highest BCUT2D eigenvalue weighted by molar-refractivity contribution is 6.82. The molecule has 1 aliphatic rings. The summed E-state index contributed by atoms with van der Waals surface area (Å²) >= 11 is 0. The summed E-state index contributed by atoms with van der Waals surface area (Å²) in [4.78, 5) is 0. The van der Waals surface area contributed by atoms with Gasteiger partial charge in [0.2, 0.25) is 0 Å². The van der Waals surface area contributed by atoms with Crippen LogP contribution in [0.4, 0.5) is 0 Å². The van der Waals surface area contributed by atoms with Gasteiger partial charge in [0.25, 0.3) is 0 Å². The van der Waals surface area contributed by atoms with Crippen LogP contribution >= 0.6 is 0 Å². The highest BCUT2D eigenvalue weighted by atomic mass is 28.3. The summed E-state index contributed by atoms with van der Waals surface area (Å²) in [5.41, 5.74) is 3.05. The van der Waals surface area contributed by atoms with Gasteiger partial charge in [0.05, 0.1) is 0 Å². The van der Waals surface area contributed by atoms with Crippen LogP contribution in [0.25, 0.3) is 0 Å². The molecule has 1 heterocycles. The largest absolute Gasteiger partial charge is 0.287 e. The summed E-state index contributed by atoms with van der Waals surface area (Å²) in [6.07, 6.45) is 7.83. The molecule has 1 aliphatic heterocycles. The highest BCUT2D eigenvalue weighted by Crippen LogP contribution is 2.11. The Morgan fingerprint density at radius 3 is 2.64 bits per heavy atom. The van der Waals surface area contributed by atoms with Crippen molar-refractivity contribution in [1.29, 1.82) is 0 Å². The van der Waals surface area contributed by atoms with E-state index in [-0.39, 0.29) is 0 Å².